The molecule has 1 aromatic rings. The van der Waals surface area contributed by atoms with Gasteiger partial charge in [-0.15, -0.1) is 0 Å². The van der Waals surface area contributed by atoms with Crippen LogP contribution < -0.4 is 5.32 Å². The summed E-state index contributed by atoms with van der Waals surface area (Å²) < 4.78 is 4.80. The molecule has 2 heterocycles. The Kier molecular flexibility index (Phi) is 5.31. The summed E-state index contributed by atoms with van der Waals surface area (Å²) in [6.07, 6.45) is 2.46. The van der Waals surface area contributed by atoms with Crippen LogP contribution in [0.3, 0.4) is 0 Å². The van der Waals surface area contributed by atoms with E-state index in [1.807, 2.05) is 32.5 Å². The second kappa shape index (κ2) is 7.17. The topological polar surface area (TPSA) is 58.3 Å². The van der Waals surface area contributed by atoms with Crippen molar-refractivity contribution in [1.82, 2.24) is 29.5 Å². The van der Waals surface area contributed by atoms with E-state index >= 15 is 0 Å². The molecule has 2 fully saturated rings. The minimum absolute atomic E-state index is 0.0990. The standard InChI is InChI=1S/C17H30N6OS/c1-17(2,3)18-14(24)11-21-7-9-22(10-8-21)12-23-16(25)20(4)15(19-23)13-5-6-13/h13H,5-12H2,1-4H3,(H,18,24). The fourth-order valence-electron chi connectivity index (χ4n) is 3.23. The van der Waals surface area contributed by atoms with Crippen molar-refractivity contribution in [2.75, 3.05) is 32.7 Å². The van der Waals surface area contributed by atoms with E-state index < -0.39 is 0 Å². The van der Waals surface area contributed by atoms with E-state index in [2.05, 4.69) is 19.7 Å². The van der Waals surface area contributed by atoms with E-state index in [4.69, 9.17) is 17.3 Å². The quantitative estimate of drug-likeness (QED) is 0.797. The molecule has 1 aliphatic heterocycles. The molecule has 140 valence electrons. The van der Waals surface area contributed by atoms with Gasteiger partial charge in [0.25, 0.3) is 0 Å². The number of piperazine rings is 1. The summed E-state index contributed by atoms with van der Waals surface area (Å²) >= 11 is 5.53. The number of hydrogen-bond donors (Lipinski definition) is 1. The van der Waals surface area contributed by atoms with Crippen LogP contribution in [0.15, 0.2) is 0 Å². The third kappa shape index (κ3) is 4.89. The number of rotatable bonds is 5. The SMILES string of the molecule is Cn1c(C2CC2)nn(CN2CCN(CC(=O)NC(C)(C)C)CC2)c1=S. The first kappa shape index (κ1) is 18.5. The molecule has 0 spiro atoms. The lowest BCUT2D eigenvalue weighted by atomic mass is 10.1. The molecular formula is C17H30N6OS. The molecule has 25 heavy (non-hydrogen) atoms. The van der Waals surface area contributed by atoms with E-state index in [9.17, 15) is 4.79 Å². The summed E-state index contributed by atoms with van der Waals surface area (Å²) in [5, 5.41) is 7.75. The molecule has 7 nitrogen and oxygen atoms in total. The summed E-state index contributed by atoms with van der Waals surface area (Å²) in [4.78, 5) is 16.6. The number of hydrogen-bond acceptors (Lipinski definition) is 5. The summed E-state index contributed by atoms with van der Waals surface area (Å²) in [5.74, 6) is 1.83. The largest absolute Gasteiger partial charge is 0.350 e. The van der Waals surface area contributed by atoms with Crippen LogP contribution >= 0.6 is 12.2 Å². The van der Waals surface area contributed by atoms with Crippen LogP contribution in [0.4, 0.5) is 0 Å². The summed E-state index contributed by atoms with van der Waals surface area (Å²) in [6.45, 7) is 10.9. The average molecular weight is 367 g/mol. The molecule has 3 rings (SSSR count). The number of nitrogens with zero attached hydrogens (tertiary/aromatic N) is 5. The van der Waals surface area contributed by atoms with E-state index in [0.29, 0.717) is 12.5 Å². The smallest absolute Gasteiger partial charge is 0.234 e. The van der Waals surface area contributed by atoms with Crippen molar-refractivity contribution in [3.8, 4) is 0 Å². The molecule has 1 aromatic heterocycles. The van der Waals surface area contributed by atoms with Gasteiger partial charge in [-0.3, -0.25) is 14.6 Å². The van der Waals surface area contributed by atoms with Gasteiger partial charge in [0.1, 0.15) is 5.82 Å². The van der Waals surface area contributed by atoms with Crippen molar-refractivity contribution >= 4 is 18.1 Å². The molecule has 0 bridgehead atoms. The monoisotopic (exact) mass is 366 g/mol. The molecule has 1 N–H and O–H groups in total. The van der Waals surface area contributed by atoms with Gasteiger partial charge in [-0.2, -0.15) is 5.10 Å². The van der Waals surface area contributed by atoms with Crippen LogP contribution in [-0.4, -0.2) is 68.3 Å². The van der Waals surface area contributed by atoms with Crippen molar-refractivity contribution in [2.24, 2.45) is 7.05 Å². The van der Waals surface area contributed by atoms with Gasteiger partial charge in [0.15, 0.2) is 4.77 Å². The van der Waals surface area contributed by atoms with Gasteiger partial charge < -0.3 is 9.88 Å². The molecule has 2 aliphatic rings. The summed E-state index contributed by atoms with van der Waals surface area (Å²) in [5.41, 5.74) is -0.173. The molecule has 0 atom stereocenters. The lowest BCUT2D eigenvalue weighted by Gasteiger charge is -2.34. The van der Waals surface area contributed by atoms with Crippen molar-refractivity contribution in [3.05, 3.63) is 10.6 Å². The van der Waals surface area contributed by atoms with Crippen LogP contribution in [0.1, 0.15) is 45.4 Å². The molecule has 0 radical (unpaired) electrons. The number of amides is 1. The zero-order valence-electron chi connectivity index (χ0n) is 15.8. The van der Waals surface area contributed by atoms with Crippen LogP contribution in [-0.2, 0) is 18.5 Å². The highest BCUT2D eigenvalue weighted by Crippen LogP contribution is 2.38. The first-order chi connectivity index (χ1) is 11.7. The van der Waals surface area contributed by atoms with Gasteiger partial charge in [0.05, 0.1) is 13.2 Å². The maximum atomic E-state index is 12.1. The molecule has 0 aromatic carbocycles. The van der Waals surface area contributed by atoms with Crippen LogP contribution in [0.2, 0.25) is 0 Å². The van der Waals surface area contributed by atoms with Gasteiger partial charge in [-0.1, -0.05) is 0 Å². The first-order valence-corrected chi connectivity index (χ1v) is 9.53. The number of aromatic nitrogens is 3. The minimum Gasteiger partial charge on any atom is -0.350 e. The molecular weight excluding hydrogens is 336 g/mol. The van der Waals surface area contributed by atoms with E-state index in [1.165, 1.54) is 12.8 Å². The van der Waals surface area contributed by atoms with Gasteiger partial charge >= 0.3 is 0 Å². The van der Waals surface area contributed by atoms with Crippen LogP contribution in [0.5, 0.6) is 0 Å². The maximum Gasteiger partial charge on any atom is 0.234 e. The number of carbonyl (C=O) groups is 1. The molecule has 1 saturated carbocycles. The normalized spacial score (nSPS) is 20.0. The van der Waals surface area contributed by atoms with Crippen molar-refractivity contribution in [2.45, 2.75) is 51.7 Å². The highest BCUT2D eigenvalue weighted by atomic mass is 32.1. The third-order valence-electron chi connectivity index (χ3n) is 4.70. The molecule has 1 saturated heterocycles. The fourth-order valence-corrected chi connectivity index (χ4v) is 3.43. The van der Waals surface area contributed by atoms with Crippen molar-refractivity contribution in [1.29, 1.82) is 0 Å². The van der Waals surface area contributed by atoms with Gasteiger partial charge in [0, 0.05) is 44.7 Å². The molecule has 1 aliphatic carbocycles. The predicted molar refractivity (Wildman–Crippen MR) is 99.9 cm³/mol. The Morgan fingerprint density at radius 3 is 2.36 bits per heavy atom. The van der Waals surface area contributed by atoms with E-state index in [1.54, 1.807) is 0 Å². The molecule has 0 unspecified atom stereocenters. The second-order valence-electron chi connectivity index (χ2n) is 8.31. The Morgan fingerprint density at radius 2 is 1.80 bits per heavy atom. The van der Waals surface area contributed by atoms with E-state index in [-0.39, 0.29) is 11.4 Å². The Morgan fingerprint density at radius 1 is 1.20 bits per heavy atom. The third-order valence-corrected chi connectivity index (χ3v) is 5.18. The summed E-state index contributed by atoms with van der Waals surface area (Å²) in [6, 6.07) is 0. The van der Waals surface area contributed by atoms with E-state index in [0.717, 1.165) is 43.4 Å². The van der Waals surface area contributed by atoms with Crippen LogP contribution in [0, 0.1) is 4.77 Å². The van der Waals surface area contributed by atoms with Crippen molar-refractivity contribution < 1.29 is 4.79 Å². The predicted octanol–water partition coefficient (Wildman–Crippen LogP) is 1.32. The highest BCUT2D eigenvalue weighted by molar-refractivity contribution is 7.71. The van der Waals surface area contributed by atoms with Gasteiger partial charge in [-0.25, -0.2) is 4.68 Å². The lowest BCUT2D eigenvalue weighted by molar-refractivity contribution is -0.124. The first-order valence-electron chi connectivity index (χ1n) is 9.12. The number of carbonyl (C=O) groups excluding carboxylic acids is 1. The fraction of sp³-hybridized carbons (Fsp3) is 0.824. The Hall–Kier alpha value is -1.25. The minimum atomic E-state index is -0.173. The zero-order valence-corrected chi connectivity index (χ0v) is 16.6. The molecule has 1 amide bonds. The average Bonchev–Trinajstić information content (AvgIpc) is 3.30. The highest BCUT2D eigenvalue weighted by Gasteiger charge is 2.29. The lowest BCUT2D eigenvalue weighted by Crippen LogP contribution is -2.51. The second-order valence-corrected chi connectivity index (χ2v) is 8.67. The van der Waals surface area contributed by atoms with Gasteiger partial charge in [0.2, 0.25) is 5.91 Å². The Balaban J connectivity index is 1.49. The Labute approximate surface area is 155 Å². The van der Waals surface area contributed by atoms with Crippen molar-refractivity contribution in [3.63, 3.8) is 0 Å². The number of nitrogens with one attached hydrogen (secondary N) is 1. The Bertz CT molecular complexity index is 676. The zero-order chi connectivity index (χ0) is 18.2. The van der Waals surface area contributed by atoms with Crippen LogP contribution in [0.25, 0.3) is 0 Å². The maximum absolute atomic E-state index is 12.1. The van der Waals surface area contributed by atoms with Gasteiger partial charge in [-0.05, 0) is 45.8 Å². The molecule has 8 heteroatoms. The summed E-state index contributed by atoms with van der Waals surface area (Å²) in [7, 11) is 2.02.